The van der Waals surface area contributed by atoms with Gasteiger partial charge in [-0.3, -0.25) is 9.69 Å². The molecule has 2 rings (SSSR count). The van der Waals surface area contributed by atoms with Gasteiger partial charge >= 0.3 is 0 Å². The minimum absolute atomic E-state index is 0.113. The van der Waals surface area contributed by atoms with E-state index in [0.29, 0.717) is 12.2 Å². The highest BCUT2D eigenvalue weighted by atomic mass is 19.1. The number of anilines is 1. The van der Waals surface area contributed by atoms with Crippen molar-refractivity contribution in [3.63, 3.8) is 0 Å². The van der Waals surface area contributed by atoms with E-state index in [1.807, 2.05) is 4.90 Å². The molecule has 1 aliphatic heterocycles. The lowest BCUT2D eigenvalue weighted by atomic mass is 10.0. The predicted molar refractivity (Wildman–Crippen MR) is 71.3 cm³/mol. The number of nitrogens with one attached hydrogen (secondary N) is 1. The van der Waals surface area contributed by atoms with Gasteiger partial charge in [-0.15, -0.1) is 0 Å². The summed E-state index contributed by atoms with van der Waals surface area (Å²) in [6, 6.07) is 5.70. The number of rotatable bonds is 4. The summed E-state index contributed by atoms with van der Waals surface area (Å²) in [5.74, 6) is -0.186. The molecular weight excluding hydrogens is 247 g/mol. The van der Waals surface area contributed by atoms with Crippen LogP contribution < -0.4 is 5.32 Å². The van der Waals surface area contributed by atoms with Crippen LogP contribution in [0.15, 0.2) is 24.3 Å². The number of hydrogen-bond donors (Lipinski definition) is 2. The monoisotopic (exact) mass is 266 g/mol. The number of carbonyl (C=O) groups is 1. The minimum atomic E-state index is -0.329. The summed E-state index contributed by atoms with van der Waals surface area (Å²) >= 11 is 0. The number of hydrogen-bond acceptors (Lipinski definition) is 3. The van der Waals surface area contributed by atoms with Crippen LogP contribution in [0, 0.1) is 11.7 Å². The van der Waals surface area contributed by atoms with Crippen LogP contribution in [0.2, 0.25) is 0 Å². The molecule has 0 bridgehead atoms. The summed E-state index contributed by atoms with van der Waals surface area (Å²) < 4.78 is 12.7. The smallest absolute Gasteiger partial charge is 0.238 e. The lowest BCUT2D eigenvalue weighted by Crippen LogP contribution is -2.32. The van der Waals surface area contributed by atoms with Crippen molar-refractivity contribution < 1.29 is 14.3 Å². The maximum absolute atomic E-state index is 12.7. The quantitative estimate of drug-likeness (QED) is 0.867. The van der Waals surface area contributed by atoms with E-state index in [2.05, 4.69) is 5.32 Å². The maximum Gasteiger partial charge on any atom is 0.238 e. The summed E-state index contributed by atoms with van der Waals surface area (Å²) in [7, 11) is 0. The second-order valence-electron chi connectivity index (χ2n) is 5.08. The van der Waals surface area contributed by atoms with Crippen molar-refractivity contribution in [2.45, 2.75) is 19.4 Å². The molecule has 4 nitrogen and oxygen atoms in total. The number of aliphatic hydroxyl groups is 1. The normalized spacial score (nSPS) is 21.3. The zero-order valence-corrected chi connectivity index (χ0v) is 11.0. The third-order valence-electron chi connectivity index (χ3n) is 3.49. The highest BCUT2D eigenvalue weighted by molar-refractivity contribution is 5.92. The van der Waals surface area contributed by atoms with E-state index in [1.165, 1.54) is 24.3 Å². The van der Waals surface area contributed by atoms with Crippen LogP contribution in [0.5, 0.6) is 0 Å². The Morgan fingerprint density at radius 3 is 2.79 bits per heavy atom. The number of aliphatic hydroxyl groups excluding tert-OH is 1. The molecule has 104 valence electrons. The fraction of sp³-hybridized carbons (Fsp3) is 0.500. The molecule has 1 fully saturated rings. The van der Waals surface area contributed by atoms with Crippen molar-refractivity contribution in [2.75, 3.05) is 25.0 Å². The van der Waals surface area contributed by atoms with Gasteiger partial charge in [0.1, 0.15) is 5.82 Å². The van der Waals surface area contributed by atoms with Crippen molar-refractivity contribution in [3.8, 4) is 0 Å². The molecule has 0 aliphatic carbocycles. The molecule has 2 atom stereocenters. The fourth-order valence-corrected chi connectivity index (χ4v) is 2.34. The van der Waals surface area contributed by atoms with Gasteiger partial charge in [-0.25, -0.2) is 4.39 Å². The number of carbonyl (C=O) groups excluding carboxylic acids is 1. The van der Waals surface area contributed by atoms with Gasteiger partial charge in [-0.1, -0.05) is 0 Å². The topological polar surface area (TPSA) is 52.6 Å². The first-order chi connectivity index (χ1) is 9.04. The van der Waals surface area contributed by atoms with Gasteiger partial charge in [0.25, 0.3) is 0 Å². The standard InChI is InChI=1S/C14H19FN2O2/c1-10(18)11-6-7-17(8-11)9-14(19)16-13-4-2-12(15)3-5-13/h2-5,10-11,18H,6-9H2,1H3,(H,16,19). The van der Waals surface area contributed by atoms with Crippen molar-refractivity contribution >= 4 is 11.6 Å². The van der Waals surface area contributed by atoms with Gasteiger partial charge in [-0.2, -0.15) is 0 Å². The molecule has 0 radical (unpaired) electrons. The van der Waals surface area contributed by atoms with Gasteiger partial charge in [0.2, 0.25) is 5.91 Å². The largest absolute Gasteiger partial charge is 0.393 e. The van der Waals surface area contributed by atoms with E-state index in [-0.39, 0.29) is 23.7 Å². The van der Waals surface area contributed by atoms with E-state index in [0.717, 1.165) is 19.5 Å². The van der Waals surface area contributed by atoms with E-state index in [9.17, 15) is 14.3 Å². The zero-order valence-electron chi connectivity index (χ0n) is 11.0. The third-order valence-corrected chi connectivity index (χ3v) is 3.49. The fourth-order valence-electron chi connectivity index (χ4n) is 2.34. The molecule has 1 aromatic rings. The molecule has 0 aromatic heterocycles. The van der Waals surface area contributed by atoms with E-state index >= 15 is 0 Å². The van der Waals surface area contributed by atoms with Gasteiger partial charge in [0.05, 0.1) is 12.6 Å². The van der Waals surface area contributed by atoms with Crippen LogP contribution in [0.1, 0.15) is 13.3 Å². The molecule has 1 amide bonds. The molecule has 1 aliphatic rings. The Hall–Kier alpha value is -1.46. The van der Waals surface area contributed by atoms with Crippen LogP contribution in [0.25, 0.3) is 0 Å². The molecule has 1 aromatic carbocycles. The number of halogens is 1. The number of benzene rings is 1. The van der Waals surface area contributed by atoms with Crippen molar-refractivity contribution in [3.05, 3.63) is 30.1 Å². The van der Waals surface area contributed by atoms with Crippen LogP contribution in [-0.2, 0) is 4.79 Å². The summed E-state index contributed by atoms with van der Waals surface area (Å²) in [5, 5.41) is 12.2. The molecule has 1 heterocycles. The lowest BCUT2D eigenvalue weighted by molar-refractivity contribution is -0.117. The molecule has 2 unspecified atom stereocenters. The highest BCUT2D eigenvalue weighted by Crippen LogP contribution is 2.19. The van der Waals surface area contributed by atoms with Gasteiger partial charge in [0.15, 0.2) is 0 Å². The number of amides is 1. The summed E-state index contributed by atoms with van der Waals surface area (Å²) in [5.41, 5.74) is 0.595. The highest BCUT2D eigenvalue weighted by Gasteiger charge is 2.26. The summed E-state index contributed by atoms with van der Waals surface area (Å²) in [6.45, 7) is 3.66. The molecule has 0 saturated carbocycles. The second kappa shape index (κ2) is 6.12. The van der Waals surface area contributed by atoms with Crippen LogP contribution in [-0.4, -0.2) is 41.7 Å². The van der Waals surface area contributed by atoms with Crippen LogP contribution in [0.3, 0.4) is 0 Å². The average molecular weight is 266 g/mol. The summed E-state index contributed by atoms with van der Waals surface area (Å²) in [6.07, 6.45) is 0.590. The Morgan fingerprint density at radius 2 is 2.21 bits per heavy atom. The number of nitrogens with zero attached hydrogens (tertiary/aromatic N) is 1. The van der Waals surface area contributed by atoms with Gasteiger partial charge < -0.3 is 10.4 Å². The van der Waals surface area contributed by atoms with Crippen molar-refractivity contribution in [1.29, 1.82) is 0 Å². The third kappa shape index (κ3) is 4.01. The molecule has 5 heteroatoms. The molecular formula is C14H19FN2O2. The molecule has 0 spiro atoms. The Labute approximate surface area is 112 Å². The zero-order chi connectivity index (χ0) is 13.8. The Balaban J connectivity index is 1.80. The molecule has 2 N–H and O–H groups in total. The second-order valence-corrected chi connectivity index (χ2v) is 5.08. The van der Waals surface area contributed by atoms with Gasteiger partial charge in [-0.05, 0) is 50.1 Å². The van der Waals surface area contributed by atoms with Crippen molar-refractivity contribution in [2.24, 2.45) is 5.92 Å². The molecule has 19 heavy (non-hydrogen) atoms. The van der Waals surface area contributed by atoms with Crippen molar-refractivity contribution in [1.82, 2.24) is 4.90 Å². The van der Waals surface area contributed by atoms with Crippen LogP contribution in [0.4, 0.5) is 10.1 Å². The number of likely N-dealkylation sites (tertiary alicyclic amines) is 1. The van der Waals surface area contributed by atoms with E-state index in [1.54, 1.807) is 6.92 Å². The van der Waals surface area contributed by atoms with E-state index in [4.69, 9.17) is 0 Å². The lowest BCUT2D eigenvalue weighted by Gasteiger charge is -2.16. The first kappa shape index (κ1) is 14.0. The van der Waals surface area contributed by atoms with Gasteiger partial charge in [0, 0.05) is 12.2 Å². The average Bonchev–Trinajstić information content (AvgIpc) is 2.80. The summed E-state index contributed by atoms with van der Waals surface area (Å²) in [4.78, 5) is 13.8. The Bertz CT molecular complexity index is 434. The Kier molecular flexibility index (Phi) is 4.50. The van der Waals surface area contributed by atoms with E-state index < -0.39 is 0 Å². The SMILES string of the molecule is CC(O)C1CCN(CC(=O)Nc2ccc(F)cc2)C1. The first-order valence-corrected chi connectivity index (χ1v) is 6.50. The first-order valence-electron chi connectivity index (χ1n) is 6.50. The maximum atomic E-state index is 12.7. The minimum Gasteiger partial charge on any atom is -0.393 e. The molecule has 1 saturated heterocycles. The Morgan fingerprint density at radius 1 is 1.53 bits per heavy atom. The van der Waals surface area contributed by atoms with Crippen LogP contribution >= 0.6 is 0 Å². The predicted octanol–water partition coefficient (Wildman–Crippen LogP) is 1.47.